The largest absolute Gasteiger partial charge is 0.325 e. The van der Waals surface area contributed by atoms with Crippen molar-refractivity contribution in [2.45, 2.75) is 12.2 Å². The summed E-state index contributed by atoms with van der Waals surface area (Å²) in [5.74, 6) is -0.00920. The summed E-state index contributed by atoms with van der Waals surface area (Å²) in [5, 5.41) is 2.75. The molecule has 2 nitrogen and oxygen atoms in total. The highest BCUT2D eigenvalue weighted by Gasteiger charge is 2.12. The maximum atomic E-state index is 13.6. The zero-order valence-electron chi connectivity index (χ0n) is 11.2. The van der Waals surface area contributed by atoms with Crippen LogP contribution in [-0.4, -0.2) is 11.7 Å². The maximum absolute atomic E-state index is 13.6. The van der Waals surface area contributed by atoms with E-state index in [1.54, 1.807) is 18.2 Å². The molecule has 0 heterocycles. The molecule has 2 aromatic carbocycles. The number of benzene rings is 2. The van der Waals surface area contributed by atoms with Gasteiger partial charge < -0.3 is 5.32 Å². The Kier molecular flexibility index (Phi) is 5.18. The van der Waals surface area contributed by atoms with Crippen LogP contribution in [0.2, 0.25) is 0 Å². The first-order valence-corrected chi connectivity index (χ1v) is 7.42. The molecule has 1 amide bonds. The summed E-state index contributed by atoms with van der Waals surface area (Å²) >= 11 is 1.42. The van der Waals surface area contributed by atoms with E-state index in [1.807, 2.05) is 37.3 Å². The summed E-state index contributed by atoms with van der Waals surface area (Å²) in [5.41, 5.74) is 1.40. The van der Waals surface area contributed by atoms with Gasteiger partial charge in [0, 0.05) is 16.5 Å². The summed E-state index contributed by atoms with van der Waals surface area (Å²) in [6.07, 6.45) is 0. The topological polar surface area (TPSA) is 29.1 Å². The molecule has 0 aromatic heterocycles. The van der Waals surface area contributed by atoms with E-state index in [9.17, 15) is 9.18 Å². The van der Waals surface area contributed by atoms with Crippen molar-refractivity contribution in [2.24, 2.45) is 0 Å². The average Bonchev–Trinajstić information content (AvgIpc) is 2.46. The third-order valence-corrected chi connectivity index (χ3v) is 4.05. The van der Waals surface area contributed by atoms with Crippen molar-refractivity contribution in [3.05, 3.63) is 66.0 Å². The summed E-state index contributed by atoms with van der Waals surface area (Å²) in [6.45, 7) is 1.90. The normalized spacial score (nSPS) is 11.9. The quantitative estimate of drug-likeness (QED) is 0.891. The van der Waals surface area contributed by atoms with Crippen LogP contribution in [0.3, 0.4) is 0 Å². The molecule has 0 aliphatic carbocycles. The molecule has 4 heteroatoms. The van der Waals surface area contributed by atoms with Crippen molar-refractivity contribution in [1.29, 1.82) is 0 Å². The van der Waals surface area contributed by atoms with Crippen LogP contribution in [-0.2, 0) is 4.79 Å². The first kappa shape index (κ1) is 14.6. The Morgan fingerprint density at radius 2 is 1.80 bits per heavy atom. The molecular weight excluding hydrogens is 273 g/mol. The number of anilines is 1. The summed E-state index contributed by atoms with van der Waals surface area (Å²) in [7, 11) is 0. The van der Waals surface area contributed by atoms with Crippen LogP contribution in [0.15, 0.2) is 54.6 Å². The highest BCUT2D eigenvalue weighted by atomic mass is 32.2. The lowest BCUT2D eigenvalue weighted by Gasteiger charge is -2.12. The Bertz CT molecular complexity index is 574. The maximum Gasteiger partial charge on any atom is 0.234 e. The van der Waals surface area contributed by atoms with E-state index in [2.05, 4.69) is 5.32 Å². The van der Waals surface area contributed by atoms with Crippen molar-refractivity contribution in [2.75, 3.05) is 11.1 Å². The number of hydrogen-bond acceptors (Lipinski definition) is 2. The Labute approximate surface area is 122 Å². The zero-order valence-corrected chi connectivity index (χ0v) is 12.0. The number of carbonyl (C=O) groups is 1. The Morgan fingerprint density at radius 1 is 1.15 bits per heavy atom. The highest BCUT2D eigenvalue weighted by molar-refractivity contribution is 8.00. The molecule has 1 atom stereocenters. The number of thioether (sulfide) groups is 1. The molecule has 0 aliphatic heterocycles. The first-order chi connectivity index (χ1) is 9.66. The number of halogens is 1. The van der Waals surface area contributed by atoms with Gasteiger partial charge in [-0.05, 0) is 25.1 Å². The molecule has 0 aliphatic rings. The van der Waals surface area contributed by atoms with E-state index in [0.717, 1.165) is 5.69 Å². The lowest BCUT2D eigenvalue weighted by atomic mass is 10.1. The smallest absolute Gasteiger partial charge is 0.234 e. The van der Waals surface area contributed by atoms with E-state index in [-0.39, 0.29) is 17.0 Å². The summed E-state index contributed by atoms with van der Waals surface area (Å²) in [4.78, 5) is 11.8. The fourth-order valence-electron chi connectivity index (χ4n) is 1.81. The van der Waals surface area contributed by atoms with Gasteiger partial charge >= 0.3 is 0 Å². The number of rotatable bonds is 5. The fourth-order valence-corrected chi connectivity index (χ4v) is 2.66. The van der Waals surface area contributed by atoms with Crippen molar-refractivity contribution >= 4 is 23.4 Å². The fraction of sp³-hybridized carbons (Fsp3) is 0.188. The van der Waals surface area contributed by atoms with Gasteiger partial charge in [-0.3, -0.25) is 4.79 Å². The van der Waals surface area contributed by atoms with Crippen LogP contribution in [0, 0.1) is 5.82 Å². The first-order valence-electron chi connectivity index (χ1n) is 6.38. The molecule has 0 saturated carbocycles. The molecular formula is C16H16FNOS. The Balaban J connectivity index is 1.86. The minimum absolute atomic E-state index is 0.0577. The standard InChI is InChI=1S/C16H16FNOS/c1-12(14-9-5-6-10-15(14)17)20-11-16(19)18-13-7-3-2-4-8-13/h2-10,12H,11H2,1H3,(H,18,19). The van der Waals surface area contributed by atoms with E-state index in [0.29, 0.717) is 11.3 Å². The predicted octanol–water partition coefficient (Wildman–Crippen LogP) is 4.26. The van der Waals surface area contributed by atoms with Gasteiger partial charge in [-0.25, -0.2) is 4.39 Å². The molecule has 20 heavy (non-hydrogen) atoms. The van der Waals surface area contributed by atoms with Crippen LogP contribution in [0.4, 0.5) is 10.1 Å². The average molecular weight is 289 g/mol. The molecule has 1 N–H and O–H groups in total. The van der Waals surface area contributed by atoms with Gasteiger partial charge in [-0.2, -0.15) is 0 Å². The van der Waals surface area contributed by atoms with Crippen molar-refractivity contribution in [3.63, 3.8) is 0 Å². The minimum atomic E-state index is -0.226. The number of amides is 1. The third-order valence-electron chi connectivity index (χ3n) is 2.87. The summed E-state index contributed by atoms with van der Waals surface area (Å²) < 4.78 is 13.6. The molecule has 1 unspecified atom stereocenters. The summed E-state index contributed by atoms with van der Waals surface area (Å²) in [6, 6.07) is 16.0. The van der Waals surface area contributed by atoms with Gasteiger partial charge in [0.25, 0.3) is 0 Å². The minimum Gasteiger partial charge on any atom is -0.325 e. The lowest BCUT2D eigenvalue weighted by molar-refractivity contribution is -0.113. The Hall–Kier alpha value is -1.81. The van der Waals surface area contributed by atoms with E-state index in [4.69, 9.17) is 0 Å². The molecule has 2 aromatic rings. The van der Waals surface area contributed by atoms with E-state index in [1.165, 1.54) is 17.8 Å². The van der Waals surface area contributed by atoms with Gasteiger partial charge in [0.2, 0.25) is 5.91 Å². The second kappa shape index (κ2) is 7.10. The number of carbonyl (C=O) groups excluding carboxylic acids is 1. The molecule has 104 valence electrons. The van der Waals surface area contributed by atoms with Crippen LogP contribution >= 0.6 is 11.8 Å². The number of para-hydroxylation sites is 1. The molecule has 0 bridgehead atoms. The van der Waals surface area contributed by atoms with Crippen molar-refractivity contribution < 1.29 is 9.18 Å². The van der Waals surface area contributed by atoms with E-state index < -0.39 is 0 Å². The van der Waals surface area contributed by atoms with Gasteiger partial charge in [-0.15, -0.1) is 11.8 Å². The highest BCUT2D eigenvalue weighted by Crippen LogP contribution is 2.29. The van der Waals surface area contributed by atoms with Crippen LogP contribution in [0.1, 0.15) is 17.7 Å². The monoisotopic (exact) mass is 289 g/mol. The van der Waals surface area contributed by atoms with Gasteiger partial charge in [0.15, 0.2) is 0 Å². The third kappa shape index (κ3) is 4.10. The van der Waals surface area contributed by atoms with Crippen LogP contribution < -0.4 is 5.32 Å². The van der Waals surface area contributed by atoms with Crippen molar-refractivity contribution in [1.82, 2.24) is 0 Å². The van der Waals surface area contributed by atoms with Gasteiger partial charge in [0.05, 0.1) is 5.75 Å². The Morgan fingerprint density at radius 3 is 2.50 bits per heavy atom. The van der Waals surface area contributed by atoms with Gasteiger partial charge in [0.1, 0.15) is 5.82 Å². The molecule has 0 spiro atoms. The SMILES string of the molecule is CC(SCC(=O)Nc1ccccc1)c1ccccc1F. The zero-order chi connectivity index (χ0) is 14.4. The number of nitrogens with one attached hydrogen (secondary N) is 1. The van der Waals surface area contributed by atoms with E-state index >= 15 is 0 Å². The predicted molar refractivity (Wildman–Crippen MR) is 82.3 cm³/mol. The second-order valence-electron chi connectivity index (χ2n) is 4.39. The van der Waals surface area contributed by atoms with Crippen LogP contribution in [0.5, 0.6) is 0 Å². The van der Waals surface area contributed by atoms with Gasteiger partial charge in [-0.1, -0.05) is 36.4 Å². The van der Waals surface area contributed by atoms with Crippen molar-refractivity contribution in [3.8, 4) is 0 Å². The molecule has 0 radical (unpaired) electrons. The molecule has 0 saturated heterocycles. The van der Waals surface area contributed by atoms with Crippen LogP contribution in [0.25, 0.3) is 0 Å². The lowest BCUT2D eigenvalue weighted by Crippen LogP contribution is -2.14. The second-order valence-corrected chi connectivity index (χ2v) is 5.72. The molecule has 2 rings (SSSR count). The molecule has 0 fully saturated rings. The number of hydrogen-bond donors (Lipinski definition) is 1.